The number of rotatable bonds is 17. The van der Waals surface area contributed by atoms with E-state index in [0.717, 1.165) is 14.7 Å². The monoisotopic (exact) mass is 1210 g/mol. The van der Waals surface area contributed by atoms with E-state index in [1.807, 2.05) is 55.4 Å². The van der Waals surface area contributed by atoms with E-state index in [9.17, 15) is 33.6 Å². The summed E-state index contributed by atoms with van der Waals surface area (Å²) in [5, 5.41) is 11.0. The maximum Gasteiger partial charge on any atom is 0.254 e. The van der Waals surface area contributed by atoms with E-state index in [4.69, 9.17) is 0 Å². The molecule has 1 saturated heterocycles. The third kappa shape index (κ3) is 21.0. The van der Waals surface area contributed by atoms with Gasteiger partial charge in [0.25, 0.3) is 11.8 Å². The van der Waals surface area contributed by atoms with Crippen molar-refractivity contribution in [3.05, 3.63) is 12.2 Å². The largest absolute Gasteiger partial charge is 0.343 e. The molecule has 11 amide bonds. The van der Waals surface area contributed by atoms with Gasteiger partial charge in [-0.05, 0) is 101 Å². The van der Waals surface area contributed by atoms with Gasteiger partial charge in [-0.25, -0.2) is 0 Å². The van der Waals surface area contributed by atoms with Crippen LogP contribution in [0.2, 0.25) is 0 Å². The van der Waals surface area contributed by atoms with Crippen molar-refractivity contribution in [3.63, 3.8) is 0 Å². The summed E-state index contributed by atoms with van der Waals surface area (Å²) >= 11 is 0. The highest BCUT2D eigenvalue weighted by Gasteiger charge is 2.49. The number of allylic oxidation sites excluding steroid dienone is 2. The van der Waals surface area contributed by atoms with Crippen molar-refractivity contribution < 1.29 is 57.5 Å². The van der Waals surface area contributed by atoms with Crippen LogP contribution >= 0.6 is 0 Å². The molecule has 11 atom stereocenters. The minimum absolute atomic E-state index is 0.0793. The predicted octanol–water partition coefficient (Wildman–Crippen LogP) is 3.72. The normalized spacial score (nSPS) is 25.5. The van der Waals surface area contributed by atoms with Crippen LogP contribution in [0.3, 0.4) is 0 Å². The zero-order valence-electron chi connectivity index (χ0n) is 56.8. The summed E-state index contributed by atoms with van der Waals surface area (Å²) in [6, 6.07) is -13.3. The Morgan fingerprint density at radius 2 is 0.895 bits per heavy atom. The van der Waals surface area contributed by atoms with Crippen LogP contribution in [0.4, 0.5) is 0 Å². The van der Waals surface area contributed by atoms with Gasteiger partial charge in [-0.2, -0.15) is 0 Å². The number of carbonyl (C=O) groups is 12. The van der Waals surface area contributed by atoms with Gasteiger partial charge >= 0.3 is 0 Å². The Kier molecular flexibility index (Phi) is 31.6. The van der Waals surface area contributed by atoms with Crippen molar-refractivity contribution in [3.8, 4) is 0 Å². The molecule has 23 nitrogen and oxygen atoms in total. The molecule has 1 aliphatic rings. The smallest absolute Gasteiger partial charge is 0.254 e. The van der Waals surface area contributed by atoms with E-state index in [2.05, 4.69) is 21.3 Å². The number of carbonyl (C=O) groups excluding carboxylic acids is 12. The molecule has 0 saturated carbocycles. The fraction of sp³-hybridized carbons (Fsp3) is 0.778. The average molecular weight is 1210 g/mol. The summed E-state index contributed by atoms with van der Waals surface area (Å²) in [5.74, 6) is -12.6. The van der Waals surface area contributed by atoms with Crippen LogP contribution in [0.1, 0.15) is 157 Å². The molecule has 86 heavy (non-hydrogen) atoms. The minimum atomic E-state index is -1.68. The average Bonchev–Trinajstić information content (AvgIpc) is 3.62. The molecule has 1 heterocycles. The van der Waals surface area contributed by atoms with Gasteiger partial charge in [0.15, 0.2) is 5.78 Å². The van der Waals surface area contributed by atoms with Crippen molar-refractivity contribution in [2.24, 2.45) is 47.3 Å². The zero-order valence-corrected chi connectivity index (χ0v) is 56.8. The lowest BCUT2D eigenvalue weighted by atomic mass is 9.91. The SMILES string of the molecule is C/C=C/C[C@@H](C)C(=O)[C@H](NC)C(=O)N1C(=O)[C@H](C(C)C)N(C)C(=O)[C@H](CC(C)C)N(C)C(=O)[C@H](CC(C)C)N(C)C(=O)[C@@H](C)NC(=O)[C@H](C)NC(=O)[C@H](CC(C)C)N(C)C(=O)[C@H](C(C)C)NC(=O)[C@H](CC(C)C)N(C)C(=O)CN(C)C(=O)[C@@H]1C(C)C. The van der Waals surface area contributed by atoms with Crippen LogP contribution in [0, 0.1) is 47.3 Å². The number of nitrogens with zero attached hydrogens (tertiary/aromatic N) is 7. The number of likely N-dealkylation sites (N-methyl/N-ethyl adjacent to an activating group) is 7. The fourth-order valence-electron chi connectivity index (χ4n) is 10.8. The molecule has 1 aliphatic heterocycles. The summed E-state index contributed by atoms with van der Waals surface area (Å²) in [5.41, 5.74) is 0. The summed E-state index contributed by atoms with van der Waals surface area (Å²) < 4.78 is 0. The number of ketones is 1. The lowest BCUT2D eigenvalue weighted by molar-refractivity contribution is -0.164. The van der Waals surface area contributed by atoms with Gasteiger partial charge in [0.2, 0.25) is 53.2 Å². The van der Waals surface area contributed by atoms with Crippen LogP contribution in [-0.2, 0) is 57.5 Å². The molecule has 0 radical (unpaired) electrons. The van der Waals surface area contributed by atoms with E-state index < -0.39 is 161 Å². The van der Waals surface area contributed by atoms with Gasteiger partial charge < -0.3 is 50.7 Å². The molecule has 0 aliphatic carbocycles. The second-order valence-corrected chi connectivity index (χ2v) is 26.5. The van der Waals surface area contributed by atoms with Crippen LogP contribution < -0.4 is 21.3 Å². The highest BCUT2D eigenvalue weighted by molar-refractivity contribution is 6.14. The number of Topliss-reactive ketones (excluding diaryl/α,β-unsaturated/α-hetero) is 1. The minimum Gasteiger partial charge on any atom is -0.343 e. The maximum absolute atomic E-state index is 15.9. The third-order valence-corrected chi connectivity index (χ3v) is 16.0. The van der Waals surface area contributed by atoms with E-state index >= 15 is 24.0 Å². The van der Waals surface area contributed by atoms with Crippen molar-refractivity contribution in [2.45, 2.75) is 217 Å². The van der Waals surface area contributed by atoms with Gasteiger partial charge in [0.05, 0.1) is 6.54 Å². The second kappa shape index (κ2) is 34.9. The Labute approximate surface area is 514 Å². The quantitative estimate of drug-likeness (QED) is 0.120. The Morgan fingerprint density at radius 1 is 0.488 bits per heavy atom. The number of imide groups is 1. The first kappa shape index (κ1) is 77.8. The van der Waals surface area contributed by atoms with Gasteiger partial charge in [0.1, 0.15) is 60.4 Å². The fourth-order valence-corrected chi connectivity index (χ4v) is 10.8. The zero-order chi connectivity index (χ0) is 66.8. The van der Waals surface area contributed by atoms with E-state index in [-0.39, 0.29) is 55.8 Å². The first-order valence-electron chi connectivity index (χ1n) is 30.8. The van der Waals surface area contributed by atoms with E-state index in [1.54, 1.807) is 67.5 Å². The maximum atomic E-state index is 15.9. The number of hydrogen-bond acceptors (Lipinski definition) is 13. The Hall–Kier alpha value is -6.26. The molecule has 0 bridgehead atoms. The highest BCUT2D eigenvalue weighted by Crippen LogP contribution is 2.27. The van der Waals surface area contributed by atoms with Crippen LogP contribution in [0.15, 0.2) is 12.2 Å². The molecule has 1 fully saturated rings. The first-order chi connectivity index (χ1) is 39.6. The molecule has 0 unspecified atom stereocenters. The second-order valence-electron chi connectivity index (χ2n) is 26.5. The lowest BCUT2D eigenvalue weighted by Crippen LogP contribution is -2.66. The van der Waals surface area contributed by atoms with Crippen LogP contribution in [0.25, 0.3) is 0 Å². The first-order valence-corrected chi connectivity index (χ1v) is 30.8. The molecule has 490 valence electrons. The molecule has 1 rings (SSSR count). The van der Waals surface area contributed by atoms with Crippen LogP contribution in [-0.4, -0.2) is 221 Å². The molecule has 23 heteroatoms. The van der Waals surface area contributed by atoms with E-state index in [0.29, 0.717) is 0 Å². The van der Waals surface area contributed by atoms with Gasteiger partial charge in [0, 0.05) is 48.2 Å². The van der Waals surface area contributed by atoms with Crippen LogP contribution in [0.5, 0.6) is 0 Å². The van der Waals surface area contributed by atoms with Crippen molar-refractivity contribution in [2.75, 3.05) is 55.9 Å². The summed E-state index contributed by atoms with van der Waals surface area (Å²) in [7, 11) is 9.74. The van der Waals surface area contributed by atoms with Gasteiger partial charge in [-0.15, -0.1) is 0 Å². The van der Waals surface area contributed by atoms with Gasteiger partial charge in [-0.3, -0.25) is 62.4 Å². The van der Waals surface area contributed by atoms with Gasteiger partial charge in [-0.1, -0.05) is 116 Å². The molecule has 0 aromatic carbocycles. The lowest BCUT2D eigenvalue weighted by Gasteiger charge is -2.42. The summed E-state index contributed by atoms with van der Waals surface area (Å²) in [6.07, 6.45) is 4.25. The predicted molar refractivity (Wildman–Crippen MR) is 332 cm³/mol. The molecule has 4 N–H and O–H groups in total. The number of amides is 11. The molecule has 0 spiro atoms. The third-order valence-electron chi connectivity index (χ3n) is 16.0. The highest BCUT2D eigenvalue weighted by atomic mass is 16.2. The Bertz CT molecular complexity index is 2410. The van der Waals surface area contributed by atoms with Crippen molar-refractivity contribution >= 4 is 70.8 Å². The van der Waals surface area contributed by atoms with Crippen molar-refractivity contribution in [1.82, 2.24) is 55.6 Å². The Morgan fingerprint density at radius 3 is 1.33 bits per heavy atom. The van der Waals surface area contributed by atoms with E-state index in [1.165, 1.54) is 82.8 Å². The molecular formula is C63H111N11O12. The molecular weight excluding hydrogens is 1100 g/mol. The Balaban J connectivity index is 4.57. The molecule has 0 aromatic rings. The summed E-state index contributed by atoms with van der Waals surface area (Å²) in [4.78, 5) is 186. The standard InChI is InChI=1S/C63H111N11O12/c1-26-27-28-41(16)53(76)50(64-19)61(84)74-52(40(14)15)62(85)68(20)33-48(75)69(21)44(29-34(2)3)56(79)67-49(38(10)11)60(83)70(22)45(30-35(4)5)55(78)65-42(17)54(77)66-43(18)57(80)71(23)46(31-36(6)7)58(81)72(24)47(32-37(8)9)59(82)73(25)51(39(12)13)63(74)86/h26-27,34-47,49-52,64H,28-33H2,1-25H3,(H,65,78)(H,66,77)(H,67,79)/b27-26+/t41-,42+,43-,44+,45+,46+,47+,49+,50+,51+,52+/m1/s1. The number of nitrogens with one attached hydrogen (secondary N) is 4. The molecule has 0 aromatic heterocycles. The number of hydrogen-bond donors (Lipinski definition) is 4. The van der Waals surface area contributed by atoms with Crippen molar-refractivity contribution in [1.29, 1.82) is 0 Å². The summed E-state index contributed by atoms with van der Waals surface area (Å²) in [6.45, 7) is 30.4. The topological polar surface area (TPSA) is 276 Å².